The average Bonchev–Trinajstić information content (AvgIpc) is 2.45. The van der Waals surface area contributed by atoms with E-state index in [0.29, 0.717) is 12.4 Å². The number of aryl methyl sites for hydroxylation is 1. The molecule has 0 aliphatic heterocycles. The van der Waals surface area contributed by atoms with Crippen molar-refractivity contribution >= 4 is 11.6 Å². The number of nitrogens with zero attached hydrogens (tertiary/aromatic N) is 3. The van der Waals surface area contributed by atoms with E-state index in [9.17, 15) is 4.39 Å². The molecule has 2 aromatic rings. The zero-order chi connectivity index (χ0) is 15.4. The summed E-state index contributed by atoms with van der Waals surface area (Å²) in [5.41, 5.74) is 7.87. The smallest absolute Gasteiger partial charge is 0.137 e. The molecule has 4 nitrogen and oxygen atoms in total. The van der Waals surface area contributed by atoms with E-state index in [1.165, 1.54) is 12.1 Å². The van der Waals surface area contributed by atoms with Gasteiger partial charge >= 0.3 is 0 Å². The van der Waals surface area contributed by atoms with Gasteiger partial charge in [-0.3, -0.25) is 0 Å². The molecule has 0 bridgehead atoms. The first kappa shape index (κ1) is 15.2. The Morgan fingerprint density at radius 1 is 1.19 bits per heavy atom. The summed E-state index contributed by atoms with van der Waals surface area (Å²) >= 11 is 0. The Morgan fingerprint density at radius 2 is 1.86 bits per heavy atom. The van der Waals surface area contributed by atoms with E-state index in [1.807, 2.05) is 18.9 Å². The predicted octanol–water partition coefficient (Wildman–Crippen LogP) is 3.10. The van der Waals surface area contributed by atoms with Crippen LogP contribution in [0.5, 0.6) is 0 Å². The highest BCUT2D eigenvalue weighted by molar-refractivity contribution is 5.56. The summed E-state index contributed by atoms with van der Waals surface area (Å²) in [6.07, 6.45) is 1.78. The number of nitrogens with two attached hydrogens (primary N) is 1. The molecule has 5 heteroatoms. The van der Waals surface area contributed by atoms with Gasteiger partial charge in [0.05, 0.1) is 0 Å². The molecule has 0 spiro atoms. The standard InChI is InChI=1S/C16H21FN4/c1-4-5-14-19-15(18)11(2)16(20-14)21(3)10-12-6-8-13(17)9-7-12/h6-9H,4-5,10H2,1-3H3,(H2,18,19,20). The number of hydrogen-bond acceptors (Lipinski definition) is 4. The highest BCUT2D eigenvalue weighted by Gasteiger charge is 2.12. The van der Waals surface area contributed by atoms with Crippen molar-refractivity contribution in [1.82, 2.24) is 9.97 Å². The minimum absolute atomic E-state index is 0.228. The Morgan fingerprint density at radius 3 is 2.48 bits per heavy atom. The van der Waals surface area contributed by atoms with Crippen LogP contribution in [0, 0.1) is 12.7 Å². The number of nitrogen functional groups attached to an aromatic ring is 1. The molecule has 0 fully saturated rings. The van der Waals surface area contributed by atoms with Gasteiger partial charge in [-0.1, -0.05) is 19.1 Å². The fraction of sp³-hybridized carbons (Fsp3) is 0.375. The summed E-state index contributed by atoms with van der Waals surface area (Å²) in [5.74, 6) is 1.89. The molecule has 0 aliphatic carbocycles. The summed E-state index contributed by atoms with van der Waals surface area (Å²) in [4.78, 5) is 10.9. The normalized spacial score (nSPS) is 10.7. The molecule has 1 aromatic carbocycles. The van der Waals surface area contributed by atoms with Crippen molar-refractivity contribution in [3.63, 3.8) is 0 Å². The fourth-order valence-corrected chi connectivity index (χ4v) is 2.21. The summed E-state index contributed by atoms with van der Waals surface area (Å²) in [5, 5.41) is 0. The quantitative estimate of drug-likeness (QED) is 0.918. The summed E-state index contributed by atoms with van der Waals surface area (Å²) in [6, 6.07) is 6.48. The first-order chi connectivity index (χ1) is 10.0. The van der Waals surface area contributed by atoms with Crippen LogP contribution >= 0.6 is 0 Å². The Kier molecular flexibility index (Phi) is 4.73. The number of anilines is 2. The second kappa shape index (κ2) is 6.52. The molecule has 2 rings (SSSR count). The molecule has 1 heterocycles. The van der Waals surface area contributed by atoms with Crippen molar-refractivity contribution in [2.24, 2.45) is 0 Å². The molecule has 2 N–H and O–H groups in total. The van der Waals surface area contributed by atoms with Crippen LogP contribution in [0.2, 0.25) is 0 Å². The number of halogens is 1. The van der Waals surface area contributed by atoms with E-state index in [0.717, 1.165) is 35.6 Å². The summed E-state index contributed by atoms with van der Waals surface area (Å²) < 4.78 is 13.0. The van der Waals surface area contributed by atoms with E-state index >= 15 is 0 Å². The van der Waals surface area contributed by atoms with Gasteiger partial charge in [0.25, 0.3) is 0 Å². The average molecular weight is 288 g/mol. The molecular weight excluding hydrogens is 267 g/mol. The van der Waals surface area contributed by atoms with Crippen LogP contribution in [-0.2, 0) is 13.0 Å². The molecular formula is C16H21FN4. The van der Waals surface area contributed by atoms with Gasteiger partial charge in [-0.15, -0.1) is 0 Å². The maximum Gasteiger partial charge on any atom is 0.137 e. The van der Waals surface area contributed by atoms with Crippen LogP contribution < -0.4 is 10.6 Å². The van der Waals surface area contributed by atoms with Crippen molar-refractivity contribution in [2.75, 3.05) is 17.7 Å². The van der Waals surface area contributed by atoms with E-state index in [-0.39, 0.29) is 5.82 Å². The Balaban J connectivity index is 2.25. The maximum absolute atomic E-state index is 13.0. The van der Waals surface area contributed by atoms with Gasteiger partial charge in [-0.2, -0.15) is 0 Å². The molecule has 0 radical (unpaired) electrons. The fourth-order valence-electron chi connectivity index (χ4n) is 2.21. The molecule has 0 atom stereocenters. The highest BCUT2D eigenvalue weighted by Crippen LogP contribution is 2.22. The molecule has 1 aromatic heterocycles. The number of hydrogen-bond donors (Lipinski definition) is 1. The SMILES string of the molecule is CCCc1nc(N)c(C)c(N(C)Cc2ccc(F)cc2)n1. The lowest BCUT2D eigenvalue weighted by atomic mass is 10.2. The van der Waals surface area contributed by atoms with Gasteiger partial charge < -0.3 is 10.6 Å². The van der Waals surface area contributed by atoms with Crippen LogP contribution in [0.4, 0.5) is 16.0 Å². The van der Waals surface area contributed by atoms with E-state index in [4.69, 9.17) is 5.73 Å². The molecule has 0 aliphatic rings. The van der Waals surface area contributed by atoms with Crippen LogP contribution in [0.15, 0.2) is 24.3 Å². The Labute approximate surface area is 124 Å². The summed E-state index contributed by atoms with van der Waals surface area (Å²) in [6.45, 7) is 4.64. The lowest BCUT2D eigenvalue weighted by molar-refractivity contribution is 0.627. The number of rotatable bonds is 5. The van der Waals surface area contributed by atoms with Crippen LogP contribution in [0.3, 0.4) is 0 Å². The topological polar surface area (TPSA) is 55.0 Å². The van der Waals surface area contributed by atoms with Crippen LogP contribution in [0.1, 0.15) is 30.3 Å². The monoisotopic (exact) mass is 288 g/mol. The third-order valence-electron chi connectivity index (χ3n) is 3.37. The van der Waals surface area contributed by atoms with Gasteiger partial charge in [0, 0.05) is 25.6 Å². The van der Waals surface area contributed by atoms with Gasteiger partial charge in [-0.25, -0.2) is 14.4 Å². The first-order valence-electron chi connectivity index (χ1n) is 7.09. The van der Waals surface area contributed by atoms with Gasteiger partial charge in [0.2, 0.25) is 0 Å². The van der Waals surface area contributed by atoms with Gasteiger partial charge in [0.15, 0.2) is 0 Å². The third kappa shape index (κ3) is 3.68. The number of benzene rings is 1. The summed E-state index contributed by atoms with van der Waals surface area (Å²) in [7, 11) is 1.95. The van der Waals surface area contributed by atoms with E-state index in [2.05, 4.69) is 16.9 Å². The van der Waals surface area contributed by atoms with Gasteiger partial charge in [-0.05, 0) is 31.0 Å². The van der Waals surface area contributed by atoms with Crippen molar-refractivity contribution in [1.29, 1.82) is 0 Å². The zero-order valence-corrected chi connectivity index (χ0v) is 12.7. The predicted molar refractivity (Wildman–Crippen MR) is 83.7 cm³/mol. The maximum atomic E-state index is 13.0. The van der Waals surface area contributed by atoms with E-state index < -0.39 is 0 Å². The van der Waals surface area contributed by atoms with Crippen molar-refractivity contribution in [3.05, 3.63) is 47.0 Å². The lowest BCUT2D eigenvalue weighted by Gasteiger charge is -2.21. The van der Waals surface area contributed by atoms with Crippen molar-refractivity contribution in [2.45, 2.75) is 33.2 Å². The van der Waals surface area contributed by atoms with E-state index in [1.54, 1.807) is 12.1 Å². The minimum Gasteiger partial charge on any atom is -0.383 e. The first-order valence-corrected chi connectivity index (χ1v) is 7.09. The second-order valence-electron chi connectivity index (χ2n) is 5.21. The molecule has 0 unspecified atom stereocenters. The third-order valence-corrected chi connectivity index (χ3v) is 3.37. The highest BCUT2D eigenvalue weighted by atomic mass is 19.1. The minimum atomic E-state index is -0.228. The lowest BCUT2D eigenvalue weighted by Crippen LogP contribution is -2.21. The molecule has 21 heavy (non-hydrogen) atoms. The molecule has 0 saturated heterocycles. The number of aromatic nitrogens is 2. The Bertz CT molecular complexity index is 610. The van der Waals surface area contributed by atoms with Gasteiger partial charge in [0.1, 0.15) is 23.3 Å². The molecule has 112 valence electrons. The van der Waals surface area contributed by atoms with Crippen molar-refractivity contribution in [3.8, 4) is 0 Å². The molecule has 0 saturated carbocycles. The molecule has 0 amide bonds. The van der Waals surface area contributed by atoms with Crippen LogP contribution in [-0.4, -0.2) is 17.0 Å². The zero-order valence-electron chi connectivity index (χ0n) is 12.7. The van der Waals surface area contributed by atoms with Crippen LogP contribution in [0.25, 0.3) is 0 Å². The second-order valence-corrected chi connectivity index (χ2v) is 5.21. The largest absolute Gasteiger partial charge is 0.383 e. The Hall–Kier alpha value is -2.17. The van der Waals surface area contributed by atoms with Crippen molar-refractivity contribution < 1.29 is 4.39 Å².